The molecule has 0 amide bonds. The predicted octanol–water partition coefficient (Wildman–Crippen LogP) is 5.56. The summed E-state index contributed by atoms with van der Waals surface area (Å²) < 4.78 is 10.7. The number of nitrogens with one attached hydrogen (secondary N) is 2. The molecule has 0 unspecified atom stereocenters. The van der Waals surface area contributed by atoms with Crippen molar-refractivity contribution in [2.75, 3.05) is 24.9 Å². The average Bonchev–Trinajstić information content (AvgIpc) is 2.64. The van der Waals surface area contributed by atoms with Crippen LogP contribution in [0.1, 0.15) is 16.8 Å². The number of aromatic nitrogens is 2. The predicted molar refractivity (Wildman–Crippen MR) is 114 cm³/mol. The molecule has 1 aromatic heterocycles. The molecule has 0 aliphatic heterocycles. The standard InChI is InChI=1S/C21H23ClN4O2/c1-12-6-7-16(13(2)8-12)24-20-9-14(3)23-21(26-20)25-17-11-18(27-4)15(22)10-19(17)28-5/h6-11H,1-5H3,(H2,23,24,25,26). The van der Waals surface area contributed by atoms with E-state index in [1.807, 2.05) is 19.1 Å². The summed E-state index contributed by atoms with van der Waals surface area (Å²) in [5.41, 5.74) is 4.85. The number of anilines is 4. The molecule has 3 rings (SSSR count). The summed E-state index contributed by atoms with van der Waals surface area (Å²) in [5.74, 6) is 2.24. The fraction of sp³-hybridized carbons (Fsp3) is 0.238. The van der Waals surface area contributed by atoms with Crippen molar-refractivity contribution in [3.63, 3.8) is 0 Å². The number of halogens is 1. The van der Waals surface area contributed by atoms with Crippen LogP contribution < -0.4 is 20.1 Å². The molecule has 146 valence electrons. The number of hydrogen-bond donors (Lipinski definition) is 2. The second-order valence-corrected chi connectivity index (χ2v) is 6.88. The Bertz CT molecular complexity index is 1010. The Kier molecular flexibility index (Phi) is 5.90. The van der Waals surface area contributed by atoms with Gasteiger partial charge in [-0.3, -0.25) is 0 Å². The molecule has 1 heterocycles. The summed E-state index contributed by atoms with van der Waals surface area (Å²) in [6, 6.07) is 11.6. The molecule has 28 heavy (non-hydrogen) atoms. The number of ether oxygens (including phenoxy) is 2. The van der Waals surface area contributed by atoms with Crippen LogP contribution in [0.5, 0.6) is 11.5 Å². The van der Waals surface area contributed by atoms with Crippen LogP contribution in [0.15, 0.2) is 36.4 Å². The van der Waals surface area contributed by atoms with Gasteiger partial charge in [0.25, 0.3) is 0 Å². The minimum atomic E-state index is 0.440. The van der Waals surface area contributed by atoms with Gasteiger partial charge in [0.15, 0.2) is 0 Å². The van der Waals surface area contributed by atoms with Gasteiger partial charge in [-0.1, -0.05) is 29.3 Å². The first-order valence-corrected chi connectivity index (χ1v) is 9.16. The van der Waals surface area contributed by atoms with E-state index in [-0.39, 0.29) is 0 Å². The summed E-state index contributed by atoms with van der Waals surface area (Å²) in [6.07, 6.45) is 0. The molecule has 0 bridgehead atoms. The number of methoxy groups -OCH3 is 2. The number of hydrogen-bond acceptors (Lipinski definition) is 6. The molecule has 0 aliphatic rings. The van der Waals surface area contributed by atoms with Gasteiger partial charge >= 0.3 is 0 Å². The Morgan fingerprint density at radius 1 is 0.821 bits per heavy atom. The molecular weight excluding hydrogens is 376 g/mol. The van der Waals surface area contributed by atoms with Crippen molar-refractivity contribution < 1.29 is 9.47 Å². The van der Waals surface area contributed by atoms with Gasteiger partial charge < -0.3 is 20.1 Å². The highest BCUT2D eigenvalue weighted by Crippen LogP contribution is 2.37. The highest BCUT2D eigenvalue weighted by atomic mass is 35.5. The Hall–Kier alpha value is -2.99. The first-order chi connectivity index (χ1) is 13.4. The molecule has 0 radical (unpaired) electrons. The van der Waals surface area contributed by atoms with Crippen LogP contribution in [0.3, 0.4) is 0 Å². The van der Waals surface area contributed by atoms with E-state index < -0.39 is 0 Å². The second kappa shape index (κ2) is 8.35. The lowest BCUT2D eigenvalue weighted by atomic mass is 10.1. The molecule has 6 nitrogen and oxygen atoms in total. The summed E-state index contributed by atoms with van der Waals surface area (Å²) in [7, 11) is 3.14. The maximum absolute atomic E-state index is 6.18. The topological polar surface area (TPSA) is 68.3 Å². The highest BCUT2D eigenvalue weighted by Gasteiger charge is 2.12. The molecule has 2 aromatic carbocycles. The molecule has 0 saturated heterocycles. The SMILES string of the molecule is COc1cc(Nc2nc(C)cc(Nc3ccc(C)cc3C)n2)c(OC)cc1Cl. The van der Waals surface area contributed by atoms with Gasteiger partial charge in [-0.05, 0) is 32.4 Å². The summed E-state index contributed by atoms with van der Waals surface area (Å²) in [5, 5.41) is 7.01. The zero-order valence-electron chi connectivity index (χ0n) is 16.6. The summed E-state index contributed by atoms with van der Waals surface area (Å²) in [4.78, 5) is 9.05. The van der Waals surface area contributed by atoms with Crippen molar-refractivity contribution in [2.24, 2.45) is 0 Å². The second-order valence-electron chi connectivity index (χ2n) is 6.47. The number of nitrogens with zero attached hydrogens (tertiary/aromatic N) is 2. The Labute approximate surface area is 169 Å². The minimum absolute atomic E-state index is 0.440. The van der Waals surface area contributed by atoms with Crippen molar-refractivity contribution >= 4 is 34.7 Å². The zero-order valence-corrected chi connectivity index (χ0v) is 17.3. The molecule has 0 aliphatic carbocycles. The van der Waals surface area contributed by atoms with Crippen LogP contribution in [0, 0.1) is 20.8 Å². The minimum Gasteiger partial charge on any atom is -0.495 e. The fourth-order valence-corrected chi connectivity index (χ4v) is 3.09. The fourth-order valence-electron chi connectivity index (χ4n) is 2.86. The zero-order chi connectivity index (χ0) is 20.3. The lowest BCUT2D eigenvalue weighted by Crippen LogP contribution is -2.04. The maximum atomic E-state index is 6.18. The number of benzene rings is 2. The van der Waals surface area contributed by atoms with Crippen LogP contribution in [0.4, 0.5) is 23.1 Å². The van der Waals surface area contributed by atoms with E-state index >= 15 is 0 Å². The number of rotatable bonds is 6. The molecule has 3 aromatic rings. The largest absolute Gasteiger partial charge is 0.495 e. The van der Waals surface area contributed by atoms with Crippen molar-refractivity contribution in [1.82, 2.24) is 9.97 Å². The van der Waals surface area contributed by atoms with Crippen molar-refractivity contribution in [3.8, 4) is 11.5 Å². The van der Waals surface area contributed by atoms with Gasteiger partial charge in [-0.25, -0.2) is 4.98 Å². The van der Waals surface area contributed by atoms with E-state index in [4.69, 9.17) is 21.1 Å². The molecule has 0 fully saturated rings. The first-order valence-electron chi connectivity index (χ1n) is 8.78. The monoisotopic (exact) mass is 398 g/mol. The summed E-state index contributed by atoms with van der Waals surface area (Å²) in [6.45, 7) is 6.05. The third-order valence-electron chi connectivity index (χ3n) is 4.22. The molecular formula is C21H23ClN4O2. The first kappa shape index (κ1) is 19.8. The maximum Gasteiger partial charge on any atom is 0.229 e. The van der Waals surface area contributed by atoms with Gasteiger partial charge in [-0.2, -0.15) is 4.98 Å². The quantitative estimate of drug-likeness (QED) is 0.566. The lowest BCUT2D eigenvalue weighted by Gasteiger charge is -2.15. The van der Waals surface area contributed by atoms with Crippen LogP contribution in [-0.4, -0.2) is 24.2 Å². The highest BCUT2D eigenvalue weighted by molar-refractivity contribution is 6.32. The van der Waals surface area contributed by atoms with E-state index in [0.717, 1.165) is 16.9 Å². The Morgan fingerprint density at radius 2 is 1.57 bits per heavy atom. The number of aryl methyl sites for hydroxylation is 3. The molecule has 7 heteroatoms. The third-order valence-corrected chi connectivity index (χ3v) is 4.51. The van der Waals surface area contributed by atoms with Crippen molar-refractivity contribution in [1.29, 1.82) is 0 Å². The summed E-state index contributed by atoms with van der Waals surface area (Å²) >= 11 is 6.18. The average molecular weight is 399 g/mol. The van der Waals surface area contributed by atoms with Crippen LogP contribution in [0.25, 0.3) is 0 Å². The van der Waals surface area contributed by atoms with Crippen molar-refractivity contribution in [2.45, 2.75) is 20.8 Å². The normalized spacial score (nSPS) is 10.5. The van der Waals surface area contributed by atoms with E-state index in [1.165, 1.54) is 5.56 Å². The molecule has 2 N–H and O–H groups in total. The van der Waals surface area contributed by atoms with Crippen LogP contribution in [0.2, 0.25) is 5.02 Å². The van der Waals surface area contributed by atoms with Gasteiger partial charge in [-0.15, -0.1) is 0 Å². The smallest absolute Gasteiger partial charge is 0.229 e. The van der Waals surface area contributed by atoms with E-state index in [1.54, 1.807) is 26.4 Å². The Morgan fingerprint density at radius 3 is 2.25 bits per heavy atom. The third kappa shape index (κ3) is 4.46. The molecule has 0 saturated carbocycles. The van der Waals surface area contributed by atoms with Gasteiger partial charge in [0.1, 0.15) is 17.3 Å². The van der Waals surface area contributed by atoms with E-state index in [2.05, 4.69) is 46.6 Å². The van der Waals surface area contributed by atoms with Gasteiger partial charge in [0.05, 0.1) is 24.9 Å². The van der Waals surface area contributed by atoms with Crippen LogP contribution >= 0.6 is 11.6 Å². The van der Waals surface area contributed by atoms with E-state index in [9.17, 15) is 0 Å². The molecule has 0 spiro atoms. The van der Waals surface area contributed by atoms with Gasteiger partial charge in [0, 0.05) is 29.6 Å². The van der Waals surface area contributed by atoms with Crippen LogP contribution in [-0.2, 0) is 0 Å². The Balaban J connectivity index is 1.92. The lowest BCUT2D eigenvalue weighted by molar-refractivity contribution is 0.405. The van der Waals surface area contributed by atoms with Gasteiger partial charge in [0.2, 0.25) is 5.95 Å². The molecule has 0 atom stereocenters. The van der Waals surface area contributed by atoms with Crippen molar-refractivity contribution in [3.05, 3.63) is 58.2 Å². The van der Waals surface area contributed by atoms with E-state index in [0.29, 0.717) is 34.0 Å².